The summed E-state index contributed by atoms with van der Waals surface area (Å²) in [7, 11) is 2.16. The Balaban J connectivity index is 1.56. The van der Waals surface area contributed by atoms with Gasteiger partial charge in [-0.05, 0) is 44.6 Å². The van der Waals surface area contributed by atoms with E-state index in [4.69, 9.17) is 5.11 Å². The first-order valence-corrected chi connectivity index (χ1v) is 9.82. The van der Waals surface area contributed by atoms with Crippen molar-refractivity contribution in [2.75, 3.05) is 26.7 Å². The van der Waals surface area contributed by atoms with E-state index in [0.717, 1.165) is 36.5 Å². The number of benzene rings is 1. The third-order valence-corrected chi connectivity index (χ3v) is 5.80. The van der Waals surface area contributed by atoms with Gasteiger partial charge in [-0.25, -0.2) is 4.39 Å². The molecule has 1 N–H and O–H groups in total. The number of thiophene rings is 1. The highest BCUT2D eigenvalue weighted by atomic mass is 32.1. The number of piperidine rings is 1. The highest BCUT2D eigenvalue weighted by Crippen LogP contribution is 2.22. The molecule has 138 valence electrons. The van der Waals surface area contributed by atoms with Crippen LogP contribution in [-0.4, -0.2) is 47.7 Å². The van der Waals surface area contributed by atoms with Gasteiger partial charge in [0.25, 0.3) is 0 Å². The fraction of sp³-hybridized carbons (Fsp3) is 0.429. The summed E-state index contributed by atoms with van der Waals surface area (Å²) in [4.78, 5) is 7.02. The molecule has 2 aromatic rings. The molecule has 2 heterocycles. The topological polar surface area (TPSA) is 26.7 Å². The Hall–Kier alpha value is -1.71. The molecular formula is C21H25FN2OS. The largest absolute Gasteiger partial charge is 0.384 e. The first-order valence-electron chi connectivity index (χ1n) is 9.00. The fourth-order valence-corrected chi connectivity index (χ4v) is 4.38. The van der Waals surface area contributed by atoms with E-state index in [-0.39, 0.29) is 12.4 Å². The molecule has 0 amide bonds. The van der Waals surface area contributed by atoms with Crippen molar-refractivity contribution in [3.63, 3.8) is 0 Å². The Morgan fingerprint density at radius 3 is 2.96 bits per heavy atom. The second-order valence-electron chi connectivity index (χ2n) is 6.76. The van der Waals surface area contributed by atoms with Crippen LogP contribution in [0.25, 0.3) is 0 Å². The molecule has 1 saturated heterocycles. The summed E-state index contributed by atoms with van der Waals surface area (Å²) in [5, 5.41) is 8.79. The molecular weight excluding hydrogens is 347 g/mol. The van der Waals surface area contributed by atoms with Crippen LogP contribution in [0.5, 0.6) is 0 Å². The van der Waals surface area contributed by atoms with Crippen molar-refractivity contribution in [2.45, 2.75) is 32.0 Å². The number of hydrogen-bond donors (Lipinski definition) is 1. The molecule has 0 saturated carbocycles. The fourth-order valence-electron chi connectivity index (χ4n) is 3.43. The molecule has 26 heavy (non-hydrogen) atoms. The number of hydrogen-bond acceptors (Lipinski definition) is 4. The number of halogens is 1. The third-order valence-electron chi connectivity index (χ3n) is 4.81. The predicted molar refractivity (Wildman–Crippen MR) is 104 cm³/mol. The average Bonchev–Trinajstić information content (AvgIpc) is 3.09. The average molecular weight is 373 g/mol. The van der Waals surface area contributed by atoms with Crippen LogP contribution < -0.4 is 0 Å². The highest BCUT2D eigenvalue weighted by Gasteiger charge is 2.24. The Kier molecular flexibility index (Phi) is 6.81. The van der Waals surface area contributed by atoms with Crippen molar-refractivity contribution < 1.29 is 9.50 Å². The zero-order chi connectivity index (χ0) is 18.4. The molecule has 1 unspecified atom stereocenters. The van der Waals surface area contributed by atoms with E-state index < -0.39 is 0 Å². The number of likely N-dealkylation sites (N-methyl/N-ethyl adjacent to an activating group) is 1. The quantitative estimate of drug-likeness (QED) is 0.816. The summed E-state index contributed by atoms with van der Waals surface area (Å²) in [6, 6.07) is 11.7. The van der Waals surface area contributed by atoms with Gasteiger partial charge in [-0.1, -0.05) is 30.0 Å². The zero-order valence-electron chi connectivity index (χ0n) is 15.1. The lowest BCUT2D eigenvalue weighted by molar-refractivity contribution is 0.107. The lowest BCUT2D eigenvalue weighted by Crippen LogP contribution is -2.45. The van der Waals surface area contributed by atoms with Gasteiger partial charge in [0, 0.05) is 36.1 Å². The number of nitrogens with zero attached hydrogens (tertiary/aromatic N) is 2. The maximum absolute atomic E-state index is 13.9. The van der Waals surface area contributed by atoms with Crippen molar-refractivity contribution in [1.29, 1.82) is 0 Å². The summed E-state index contributed by atoms with van der Waals surface area (Å²) in [6.07, 6.45) is 2.31. The second kappa shape index (κ2) is 9.29. The number of rotatable bonds is 5. The summed E-state index contributed by atoms with van der Waals surface area (Å²) in [5.41, 5.74) is 0.779. The molecule has 3 rings (SSSR count). The van der Waals surface area contributed by atoms with Crippen molar-refractivity contribution in [3.8, 4) is 11.8 Å². The molecule has 5 heteroatoms. The first kappa shape index (κ1) is 19.1. The lowest BCUT2D eigenvalue weighted by atomic mass is 10.0. The Morgan fingerprint density at radius 1 is 1.31 bits per heavy atom. The van der Waals surface area contributed by atoms with Crippen LogP contribution in [0, 0.1) is 17.7 Å². The molecule has 1 atom stereocenters. The van der Waals surface area contributed by atoms with Gasteiger partial charge < -0.3 is 5.11 Å². The zero-order valence-corrected chi connectivity index (χ0v) is 15.9. The van der Waals surface area contributed by atoms with Crippen LogP contribution >= 0.6 is 11.3 Å². The Bertz CT molecular complexity index is 780. The van der Waals surface area contributed by atoms with Crippen molar-refractivity contribution >= 4 is 11.3 Å². The van der Waals surface area contributed by atoms with Crippen LogP contribution in [0.15, 0.2) is 36.4 Å². The van der Waals surface area contributed by atoms with Crippen molar-refractivity contribution in [2.24, 2.45) is 0 Å². The molecule has 1 aromatic heterocycles. The van der Waals surface area contributed by atoms with Gasteiger partial charge in [0.1, 0.15) is 12.4 Å². The number of aliphatic hydroxyl groups excluding tert-OH is 1. The predicted octanol–water partition coefficient (Wildman–Crippen LogP) is 3.33. The molecule has 0 radical (unpaired) electrons. The Labute approximate surface area is 159 Å². The standard InChI is InChI=1S/C21H25FN2OS/c1-23(16-20-11-10-19(26-20)8-5-13-25)18-7-4-12-24(15-18)14-17-6-2-3-9-21(17)22/h2-3,6,9-11,18,25H,4,7,12-16H2,1H3. The number of aliphatic hydroxyl groups is 1. The minimum absolute atomic E-state index is 0.104. The smallest absolute Gasteiger partial charge is 0.127 e. The molecule has 3 nitrogen and oxygen atoms in total. The normalized spacial score (nSPS) is 17.9. The summed E-state index contributed by atoms with van der Waals surface area (Å²) >= 11 is 1.68. The van der Waals surface area contributed by atoms with E-state index in [0.29, 0.717) is 12.6 Å². The van der Waals surface area contributed by atoms with E-state index in [1.54, 1.807) is 17.4 Å². The highest BCUT2D eigenvalue weighted by molar-refractivity contribution is 7.12. The van der Waals surface area contributed by atoms with Crippen molar-refractivity contribution in [1.82, 2.24) is 9.80 Å². The summed E-state index contributed by atoms with van der Waals surface area (Å²) < 4.78 is 13.9. The van der Waals surface area contributed by atoms with Crippen LogP contribution in [0.1, 0.15) is 28.2 Å². The van der Waals surface area contributed by atoms with Gasteiger partial charge in [-0.15, -0.1) is 11.3 Å². The molecule has 1 aliphatic rings. The number of likely N-dealkylation sites (tertiary alicyclic amines) is 1. The van der Waals surface area contributed by atoms with E-state index in [2.05, 4.69) is 34.8 Å². The van der Waals surface area contributed by atoms with E-state index in [1.807, 2.05) is 18.2 Å². The van der Waals surface area contributed by atoms with Gasteiger partial charge in [-0.3, -0.25) is 9.80 Å². The van der Waals surface area contributed by atoms with Gasteiger partial charge >= 0.3 is 0 Å². The second-order valence-corrected chi connectivity index (χ2v) is 7.93. The SMILES string of the molecule is CN(Cc1ccc(C#CCO)s1)C1CCCN(Cc2ccccc2F)C1. The van der Waals surface area contributed by atoms with Gasteiger partial charge in [0.15, 0.2) is 0 Å². The van der Waals surface area contributed by atoms with Gasteiger partial charge in [0.05, 0.1) is 4.88 Å². The van der Waals surface area contributed by atoms with Crippen LogP contribution in [-0.2, 0) is 13.1 Å². The maximum atomic E-state index is 13.9. The molecule has 1 aliphatic heterocycles. The van der Waals surface area contributed by atoms with Gasteiger partial charge in [0.2, 0.25) is 0 Å². The first-order chi connectivity index (χ1) is 12.7. The summed E-state index contributed by atoms with van der Waals surface area (Å²) in [6.45, 7) is 3.46. The van der Waals surface area contributed by atoms with E-state index in [1.165, 1.54) is 17.4 Å². The monoisotopic (exact) mass is 372 g/mol. The summed E-state index contributed by atoms with van der Waals surface area (Å²) in [5.74, 6) is 5.54. The van der Waals surface area contributed by atoms with E-state index in [9.17, 15) is 4.39 Å². The third kappa shape index (κ3) is 5.15. The maximum Gasteiger partial charge on any atom is 0.127 e. The lowest BCUT2D eigenvalue weighted by Gasteiger charge is -2.37. The minimum atomic E-state index is -0.113. The molecule has 0 bridgehead atoms. The van der Waals surface area contributed by atoms with Crippen molar-refractivity contribution in [3.05, 3.63) is 57.5 Å². The van der Waals surface area contributed by atoms with Crippen LogP contribution in [0.3, 0.4) is 0 Å². The van der Waals surface area contributed by atoms with Crippen LogP contribution in [0.4, 0.5) is 4.39 Å². The molecule has 0 spiro atoms. The minimum Gasteiger partial charge on any atom is -0.384 e. The van der Waals surface area contributed by atoms with E-state index >= 15 is 0 Å². The van der Waals surface area contributed by atoms with Gasteiger partial charge in [-0.2, -0.15) is 0 Å². The molecule has 1 fully saturated rings. The Morgan fingerprint density at radius 2 is 2.15 bits per heavy atom. The van der Waals surface area contributed by atoms with Crippen LogP contribution in [0.2, 0.25) is 0 Å². The molecule has 1 aromatic carbocycles. The molecule has 0 aliphatic carbocycles.